The number of benzene rings is 1. The van der Waals surface area contributed by atoms with Crippen molar-refractivity contribution in [3.8, 4) is 0 Å². The Hall–Kier alpha value is -0.150. The molecule has 0 bridgehead atoms. The van der Waals surface area contributed by atoms with Crippen LogP contribution in [0, 0.1) is 5.82 Å². The lowest BCUT2D eigenvalue weighted by Gasteiger charge is -1.97. The van der Waals surface area contributed by atoms with Crippen molar-refractivity contribution in [2.24, 2.45) is 0 Å². The van der Waals surface area contributed by atoms with Gasteiger partial charge in [-0.05, 0) is 18.2 Å². The van der Waals surface area contributed by atoms with Crippen LogP contribution in [0.25, 0.3) is 0 Å². The van der Waals surface area contributed by atoms with Gasteiger partial charge in [0.15, 0.2) is 0 Å². The van der Waals surface area contributed by atoms with E-state index in [1.165, 1.54) is 6.07 Å². The Morgan fingerprint density at radius 1 is 1.45 bits per heavy atom. The van der Waals surface area contributed by atoms with Crippen molar-refractivity contribution in [1.29, 1.82) is 0 Å². The molecule has 0 amide bonds. The molecule has 0 aliphatic rings. The molecule has 1 aromatic rings. The van der Waals surface area contributed by atoms with E-state index >= 15 is 0 Å². The van der Waals surface area contributed by atoms with Gasteiger partial charge in [0.2, 0.25) is 0 Å². The van der Waals surface area contributed by atoms with Crippen molar-refractivity contribution in [3.63, 3.8) is 0 Å². The van der Waals surface area contributed by atoms with Crippen molar-refractivity contribution >= 4 is 21.6 Å². The zero-order valence-electron chi connectivity index (χ0n) is 6.21. The van der Waals surface area contributed by atoms with Crippen LogP contribution in [0.1, 0.15) is 6.92 Å². The van der Waals surface area contributed by atoms with E-state index in [0.717, 1.165) is 10.6 Å². The molecule has 60 valence electrons. The fourth-order valence-corrected chi connectivity index (χ4v) is 2.27. The lowest BCUT2D eigenvalue weighted by atomic mass is 10.4. The molecule has 11 heavy (non-hydrogen) atoms. The van der Waals surface area contributed by atoms with E-state index < -0.39 is 0 Å². The molecule has 0 aliphatic heterocycles. The molecule has 0 spiro atoms. The SMILES string of the molecule is CCSSc1cccc(F)c1. The van der Waals surface area contributed by atoms with E-state index in [1.54, 1.807) is 33.7 Å². The highest BCUT2D eigenvalue weighted by Crippen LogP contribution is 2.30. The molecule has 0 N–H and O–H groups in total. The third kappa shape index (κ3) is 3.16. The molecule has 1 aromatic carbocycles. The highest BCUT2D eigenvalue weighted by Gasteiger charge is 1.94. The Morgan fingerprint density at radius 2 is 2.27 bits per heavy atom. The maximum absolute atomic E-state index is 12.6. The highest BCUT2D eigenvalue weighted by molar-refractivity contribution is 8.76. The van der Waals surface area contributed by atoms with Crippen molar-refractivity contribution in [2.75, 3.05) is 5.75 Å². The van der Waals surface area contributed by atoms with Gasteiger partial charge in [-0.1, -0.05) is 34.6 Å². The van der Waals surface area contributed by atoms with Crippen LogP contribution < -0.4 is 0 Å². The summed E-state index contributed by atoms with van der Waals surface area (Å²) >= 11 is 0. The molecule has 0 radical (unpaired) electrons. The van der Waals surface area contributed by atoms with Crippen LogP contribution in [-0.4, -0.2) is 5.75 Å². The lowest BCUT2D eigenvalue weighted by Crippen LogP contribution is -1.72. The Bertz CT molecular complexity index is 225. The quantitative estimate of drug-likeness (QED) is 0.665. The zero-order valence-corrected chi connectivity index (χ0v) is 7.84. The van der Waals surface area contributed by atoms with Crippen LogP contribution in [0.3, 0.4) is 0 Å². The van der Waals surface area contributed by atoms with E-state index in [1.807, 2.05) is 6.07 Å². The third-order valence-corrected chi connectivity index (χ3v) is 3.51. The van der Waals surface area contributed by atoms with E-state index in [9.17, 15) is 4.39 Å². The molecule has 0 saturated heterocycles. The second-order valence-corrected chi connectivity index (χ2v) is 4.61. The zero-order chi connectivity index (χ0) is 8.10. The number of halogens is 1. The number of rotatable bonds is 3. The molecule has 0 aliphatic carbocycles. The van der Waals surface area contributed by atoms with E-state index in [4.69, 9.17) is 0 Å². The summed E-state index contributed by atoms with van der Waals surface area (Å²) in [5.41, 5.74) is 0. The molecule has 0 aromatic heterocycles. The Labute approximate surface area is 74.0 Å². The van der Waals surface area contributed by atoms with Crippen LogP contribution in [0.5, 0.6) is 0 Å². The fraction of sp³-hybridized carbons (Fsp3) is 0.250. The van der Waals surface area contributed by atoms with Crippen molar-refractivity contribution in [1.82, 2.24) is 0 Å². The van der Waals surface area contributed by atoms with E-state index in [2.05, 4.69) is 6.92 Å². The molecule has 0 atom stereocenters. The first-order chi connectivity index (χ1) is 5.33. The Kier molecular flexibility index (Phi) is 3.80. The van der Waals surface area contributed by atoms with Gasteiger partial charge in [-0.3, -0.25) is 0 Å². The molecule has 0 fully saturated rings. The molecule has 0 saturated carbocycles. The summed E-state index contributed by atoms with van der Waals surface area (Å²) in [6.45, 7) is 2.08. The van der Waals surface area contributed by atoms with Gasteiger partial charge in [0.25, 0.3) is 0 Å². The predicted molar refractivity (Wildman–Crippen MR) is 50.4 cm³/mol. The summed E-state index contributed by atoms with van der Waals surface area (Å²) in [6.07, 6.45) is 0. The smallest absolute Gasteiger partial charge is 0.124 e. The summed E-state index contributed by atoms with van der Waals surface area (Å²) in [4.78, 5) is 0.983. The van der Waals surface area contributed by atoms with Crippen LogP contribution in [-0.2, 0) is 0 Å². The summed E-state index contributed by atoms with van der Waals surface area (Å²) in [5, 5.41) is 0. The van der Waals surface area contributed by atoms with Gasteiger partial charge < -0.3 is 0 Å². The fourth-order valence-electron chi connectivity index (χ4n) is 0.646. The van der Waals surface area contributed by atoms with Crippen LogP contribution in [0.15, 0.2) is 29.2 Å². The molecule has 0 nitrogen and oxygen atoms in total. The van der Waals surface area contributed by atoms with E-state index in [0.29, 0.717) is 0 Å². The van der Waals surface area contributed by atoms with E-state index in [-0.39, 0.29) is 5.82 Å². The average Bonchev–Trinajstić information content (AvgIpc) is 2.01. The first kappa shape index (κ1) is 8.94. The summed E-state index contributed by atoms with van der Waals surface area (Å²) in [6, 6.07) is 6.65. The maximum atomic E-state index is 12.6. The summed E-state index contributed by atoms with van der Waals surface area (Å²) in [7, 11) is 3.33. The maximum Gasteiger partial charge on any atom is 0.124 e. The first-order valence-electron chi connectivity index (χ1n) is 3.38. The van der Waals surface area contributed by atoms with Crippen molar-refractivity contribution in [3.05, 3.63) is 30.1 Å². The van der Waals surface area contributed by atoms with Crippen LogP contribution in [0.2, 0.25) is 0 Å². The molecular formula is C8H9FS2. The standard InChI is InChI=1S/C8H9FS2/c1-2-10-11-8-5-3-4-7(9)6-8/h3-6H,2H2,1H3. The third-order valence-electron chi connectivity index (χ3n) is 1.07. The molecule has 3 heteroatoms. The van der Waals surface area contributed by atoms with Gasteiger partial charge in [0.1, 0.15) is 5.82 Å². The van der Waals surface area contributed by atoms with Gasteiger partial charge in [0.05, 0.1) is 0 Å². The number of hydrogen-bond donors (Lipinski definition) is 0. The van der Waals surface area contributed by atoms with Crippen molar-refractivity contribution < 1.29 is 4.39 Å². The average molecular weight is 188 g/mol. The Morgan fingerprint density at radius 3 is 2.91 bits per heavy atom. The van der Waals surface area contributed by atoms with Gasteiger partial charge >= 0.3 is 0 Å². The molecular weight excluding hydrogens is 179 g/mol. The Balaban J connectivity index is 2.56. The summed E-state index contributed by atoms with van der Waals surface area (Å²) in [5.74, 6) is 0.882. The minimum Gasteiger partial charge on any atom is -0.207 e. The summed E-state index contributed by atoms with van der Waals surface area (Å²) < 4.78 is 12.6. The topological polar surface area (TPSA) is 0 Å². The second-order valence-electron chi connectivity index (χ2n) is 1.95. The number of hydrogen-bond acceptors (Lipinski definition) is 2. The van der Waals surface area contributed by atoms with Crippen molar-refractivity contribution in [2.45, 2.75) is 11.8 Å². The van der Waals surface area contributed by atoms with Gasteiger partial charge in [-0.15, -0.1) is 0 Å². The minimum atomic E-state index is -0.160. The first-order valence-corrected chi connectivity index (χ1v) is 5.70. The second kappa shape index (κ2) is 4.67. The molecule has 1 rings (SSSR count). The largest absolute Gasteiger partial charge is 0.207 e. The lowest BCUT2D eigenvalue weighted by molar-refractivity contribution is 0.624. The predicted octanol–water partition coefficient (Wildman–Crippen LogP) is 3.59. The normalized spacial score (nSPS) is 10.0. The van der Waals surface area contributed by atoms with Crippen LogP contribution >= 0.6 is 21.6 Å². The minimum absolute atomic E-state index is 0.160. The highest BCUT2D eigenvalue weighted by atomic mass is 33.1. The monoisotopic (exact) mass is 188 g/mol. The van der Waals surface area contributed by atoms with Gasteiger partial charge in [0, 0.05) is 10.6 Å². The van der Waals surface area contributed by atoms with Gasteiger partial charge in [-0.2, -0.15) is 0 Å². The molecule has 0 unspecified atom stereocenters. The van der Waals surface area contributed by atoms with Crippen LogP contribution in [0.4, 0.5) is 4.39 Å². The van der Waals surface area contributed by atoms with Gasteiger partial charge in [-0.25, -0.2) is 4.39 Å². The molecule has 0 heterocycles.